The van der Waals surface area contributed by atoms with Crippen LogP contribution in [0.4, 0.5) is 10.8 Å². The van der Waals surface area contributed by atoms with Crippen molar-refractivity contribution in [2.75, 3.05) is 36.5 Å². The number of pyridine rings is 1. The van der Waals surface area contributed by atoms with Gasteiger partial charge in [0, 0.05) is 31.0 Å². The molecular formula is C30H33N9O3S. The molecule has 12 nitrogen and oxygen atoms in total. The molecule has 0 unspecified atom stereocenters. The molecule has 1 saturated carbocycles. The predicted octanol–water partition coefficient (Wildman–Crippen LogP) is 3.09. The van der Waals surface area contributed by atoms with Gasteiger partial charge in [-0.25, -0.2) is 4.52 Å². The summed E-state index contributed by atoms with van der Waals surface area (Å²) in [4.78, 5) is 19.6. The smallest absolute Gasteiger partial charge is 0.251 e. The number of aliphatic hydroxyl groups is 1. The van der Waals surface area contributed by atoms with Crippen molar-refractivity contribution < 1.29 is 14.6 Å². The first kappa shape index (κ1) is 27.7. The zero-order valence-corrected chi connectivity index (χ0v) is 25.1. The van der Waals surface area contributed by atoms with E-state index in [1.54, 1.807) is 16.8 Å². The first-order valence-electron chi connectivity index (χ1n) is 14.5. The minimum atomic E-state index is -1.39. The highest BCUT2D eigenvalue weighted by molar-refractivity contribution is 7.18. The summed E-state index contributed by atoms with van der Waals surface area (Å²) >= 11 is 1.54. The number of hydrogen-bond acceptors (Lipinski definition) is 11. The Balaban J connectivity index is 1.16. The summed E-state index contributed by atoms with van der Waals surface area (Å²) in [6, 6.07) is 9.89. The summed E-state index contributed by atoms with van der Waals surface area (Å²) in [6.45, 7) is 7.92. The molecule has 3 N–H and O–H groups in total. The molecule has 0 aromatic carbocycles. The van der Waals surface area contributed by atoms with Crippen LogP contribution in [0.15, 0.2) is 36.7 Å². The monoisotopic (exact) mass is 599 g/mol. The number of carbonyl (C=O) groups excluding carboxylic acids is 1. The van der Waals surface area contributed by atoms with Gasteiger partial charge in [0.15, 0.2) is 5.01 Å². The Morgan fingerprint density at radius 1 is 1.19 bits per heavy atom. The molecule has 6 heterocycles. The topological polar surface area (TPSA) is 154 Å². The number of rotatable bonds is 7. The van der Waals surface area contributed by atoms with Crippen LogP contribution in [0.3, 0.4) is 0 Å². The van der Waals surface area contributed by atoms with Gasteiger partial charge in [-0.2, -0.15) is 10.4 Å². The molecule has 4 aromatic heterocycles. The van der Waals surface area contributed by atoms with E-state index < -0.39 is 5.60 Å². The fourth-order valence-corrected chi connectivity index (χ4v) is 7.21. The summed E-state index contributed by atoms with van der Waals surface area (Å²) < 4.78 is 7.29. The number of anilines is 2. The molecule has 1 aliphatic carbocycles. The molecule has 0 spiro atoms. The predicted molar refractivity (Wildman–Crippen MR) is 162 cm³/mol. The number of hydrogen-bond donors (Lipinski definition) is 3. The second-order valence-electron chi connectivity index (χ2n) is 12.7. The molecule has 0 radical (unpaired) electrons. The minimum absolute atomic E-state index is 0.0617. The summed E-state index contributed by atoms with van der Waals surface area (Å²) in [5, 5.41) is 41.4. The van der Waals surface area contributed by atoms with Gasteiger partial charge in [-0.3, -0.25) is 9.78 Å². The number of piperidine rings is 1. The van der Waals surface area contributed by atoms with Gasteiger partial charge in [-0.05, 0) is 69.7 Å². The number of nitriles is 1. The van der Waals surface area contributed by atoms with E-state index in [4.69, 9.17) is 9.72 Å². The van der Waals surface area contributed by atoms with E-state index in [2.05, 4.69) is 43.8 Å². The number of nitrogens with zero attached hydrogens (tertiary/aromatic N) is 7. The number of aromatic nitrogens is 5. The van der Waals surface area contributed by atoms with Gasteiger partial charge in [-0.15, -0.1) is 10.2 Å². The lowest BCUT2D eigenvalue weighted by molar-refractivity contribution is -0.137. The fourth-order valence-electron chi connectivity index (χ4n) is 6.32. The Morgan fingerprint density at radius 3 is 2.63 bits per heavy atom. The van der Waals surface area contributed by atoms with Gasteiger partial charge in [0.25, 0.3) is 5.91 Å². The van der Waals surface area contributed by atoms with Crippen LogP contribution in [0.25, 0.3) is 27.5 Å². The van der Waals surface area contributed by atoms with E-state index in [9.17, 15) is 15.2 Å². The van der Waals surface area contributed by atoms with Crippen molar-refractivity contribution >= 4 is 33.6 Å². The van der Waals surface area contributed by atoms with Crippen molar-refractivity contribution in [2.45, 2.75) is 50.8 Å². The van der Waals surface area contributed by atoms with E-state index >= 15 is 0 Å². The van der Waals surface area contributed by atoms with Crippen LogP contribution in [0.5, 0.6) is 0 Å². The summed E-state index contributed by atoms with van der Waals surface area (Å²) in [5.41, 5.74) is 3.02. The van der Waals surface area contributed by atoms with Crippen molar-refractivity contribution in [3.8, 4) is 28.0 Å². The van der Waals surface area contributed by atoms with E-state index in [1.165, 1.54) is 25.2 Å². The van der Waals surface area contributed by atoms with E-state index in [0.29, 0.717) is 30.6 Å². The molecule has 222 valence electrons. The molecule has 3 atom stereocenters. The van der Waals surface area contributed by atoms with Gasteiger partial charge in [0.1, 0.15) is 11.7 Å². The maximum absolute atomic E-state index is 12.5. The highest BCUT2D eigenvalue weighted by Gasteiger charge is 2.44. The lowest BCUT2D eigenvalue weighted by Crippen LogP contribution is -2.56. The van der Waals surface area contributed by atoms with Crippen molar-refractivity contribution in [3.63, 3.8) is 0 Å². The second-order valence-corrected chi connectivity index (χ2v) is 13.6. The molecule has 7 rings (SSSR count). The van der Waals surface area contributed by atoms with E-state index in [0.717, 1.165) is 64.2 Å². The average molecular weight is 600 g/mol. The highest BCUT2D eigenvalue weighted by Crippen LogP contribution is 2.42. The Labute approximate surface area is 252 Å². The normalized spacial score (nSPS) is 22.7. The van der Waals surface area contributed by atoms with Crippen LogP contribution in [0.2, 0.25) is 0 Å². The maximum atomic E-state index is 12.5. The summed E-state index contributed by atoms with van der Waals surface area (Å²) in [6.07, 6.45) is 5.45. The highest BCUT2D eigenvalue weighted by atomic mass is 32.1. The van der Waals surface area contributed by atoms with Gasteiger partial charge >= 0.3 is 0 Å². The molecule has 13 heteroatoms. The van der Waals surface area contributed by atoms with E-state index in [1.807, 2.05) is 24.4 Å². The lowest BCUT2D eigenvalue weighted by Gasteiger charge is -2.40. The third kappa shape index (κ3) is 5.09. The maximum Gasteiger partial charge on any atom is 0.251 e. The minimum Gasteiger partial charge on any atom is -0.381 e. The molecule has 2 saturated heterocycles. The van der Waals surface area contributed by atoms with Crippen molar-refractivity contribution in [1.29, 1.82) is 5.26 Å². The van der Waals surface area contributed by atoms with Crippen molar-refractivity contribution in [3.05, 3.63) is 42.2 Å². The molecule has 3 fully saturated rings. The summed E-state index contributed by atoms with van der Waals surface area (Å²) in [7, 11) is 0. The Morgan fingerprint density at radius 2 is 1.95 bits per heavy atom. The largest absolute Gasteiger partial charge is 0.381 e. The molecule has 1 amide bonds. The third-order valence-electron chi connectivity index (χ3n) is 8.68. The zero-order chi connectivity index (χ0) is 29.9. The van der Waals surface area contributed by atoms with Gasteiger partial charge in [0.2, 0.25) is 5.13 Å². The summed E-state index contributed by atoms with van der Waals surface area (Å²) in [5.74, 6) is 0.270. The molecule has 2 aliphatic heterocycles. The number of carbonyl (C=O) groups is 1. The van der Waals surface area contributed by atoms with Crippen LogP contribution in [0, 0.1) is 23.2 Å². The fraction of sp³-hybridized carbons (Fsp3) is 0.467. The number of amides is 1. The van der Waals surface area contributed by atoms with Crippen LogP contribution in [0.1, 0.15) is 39.2 Å². The SMILES string of the molecule is CC1(Nc2cc(-c3ccc4cc(C#N)cnn34)ncc2-c2nnc(N3C[C@H]4CC[C@@H](C3)[C@@H]4NC(=O)C(C)(C)O)s2)COC1. The lowest BCUT2D eigenvalue weighted by atomic mass is 9.91. The van der Waals surface area contributed by atoms with Crippen LogP contribution in [-0.2, 0) is 9.53 Å². The first-order chi connectivity index (χ1) is 20.6. The zero-order valence-electron chi connectivity index (χ0n) is 24.2. The average Bonchev–Trinajstić information content (AvgIpc) is 3.67. The Kier molecular flexibility index (Phi) is 6.61. The van der Waals surface area contributed by atoms with Crippen LogP contribution < -0.4 is 15.5 Å². The number of ether oxygens (including phenoxy) is 1. The molecule has 2 bridgehead atoms. The molecule has 4 aromatic rings. The standard InChI is InChI=1S/C30H33N9O3S/c1-29(2,41)27(40)34-25-18-4-5-19(25)14-38(13-18)28-37-36-26(43-28)21-12-32-23(9-22(21)35-30(3)15-42-16-30)24-7-6-20-8-17(10-31)11-33-39(20)24/h6-9,11-12,18-19,25,41H,4-5,13-16H2,1-3H3,(H,32,35)(H,34,40)/t18-,19+,25-. The molecular weight excluding hydrogens is 566 g/mol. The molecule has 3 aliphatic rings. The molecule has 43 heavy (non-hydrogen) atoms. The third-order valence-corrected chi connectivity index (χ3v) is 9.69. The second kappa shape index (κ2) is 10.3. The number of nitrogens with one attached hydrogen (secondary N) is 2. The Bertz CT molecular complexity index is 1740. The van der Waals surface area contributed by atoms with Crippen molar-refractivity contribution in [2.24, 2.45) is 11.8 Å². The van der Waals surface area contributed by atoms with Gasteiger partial charge < -0.3 is 25.4 Å². The first-order valence-corrected chi connectivity index (χ1v) is 15.3. The van der Waals surface area contributed by atoms with Crippen LogP contribution in [-0.4, -0.2) is 79.3 Å². The van der Waals surface area contributed by atoms with Gasteiger partial charge in [0.05, 0.1) is 53.0 Å². The van der Waals surface area contributed by atoms with Crippen molar-refractivity contribution in [1.82, 2.24) is 30.1 Å². The van der Waals surface area contributed by atoms with Gasteiger partial charge in [-0.1, -0.05) is 11.3 Å². The van der Waals surface area contributed by atoms with E-state index in [-0.39, 0.29) is 17.5 Å². The number of fused-ring (bicyclic) bond motifs is 3. The Hall–Kier alpha value is -4.12. The van der Waals surface area contributed by atoms with Crippen LogP contribution >= 0.6 is 11.3 Å². The quantitative estimate of drug-likeness (QED) is 0.289.